The van der Waals surface area contributed by atoms with Crippen molar-refractivity contribution in [1.29, 1.82) is 0 Å². The summed E-state index contributed by atoms with van der Waals surface area (Å²) in [6.07, 6.45) is 1.62. The first-order valence-electron chi connectivity index (χ1n) is 10.7. The van der Waals surface area contributed by atoms with Crippen LogP contribution in [0.5, 0.6) is 0 Å². The first-order valence-corrected chi connectivity index (χ1v) is 11.5. The topological polar surface area (TPSA) is 72.8 Å². The van der Waals surface area contributed by atoms with E-state index in [1.807, 2.05) is 60.7 Å². The predicted molar refractivity (Wildman–Crippen MR) is 128 cm³/mol. The van der Waals surface area contributed by atoms with Gasteiger partial charge in [0.25, 0.3) is 0 Å². The highest BCUT2D eigenvalue weighted by Crippen LogP contribution is 2.34. The van der Waals surface area contributed by atoms with E-state index in [-0.39, 0.29) is 17.5 Å². The summed E-state index contributed by atoms with van der Waals surface area (Å²) in [4.78, 5) is 25.7. The third-order valence-corrected chi connectivity index (χ3v) is 6.24. The number of ether oxygens (including phenoxy) is 2. The molecule has 3 aromatic rings. The molecule has 5 nitrogen and oxygen atoms in total. The van der Waals surface area contributed by atoms with Gasteiger partial charge in [-0.1, -0.05) is 66.7 Å². The highest BCUT2D eigenvalue weighted by atomic mass is 79.9. The summed E-state index contributed by atoms with van der Waals surface area (Å²) >= 11 is 3.12. The van der Waals surface area contributed by atoms with Gasteiger partial charge in [0, 0.05) is 12.0 Å². The summed E-state index contributed by atoms with van der Waals surface area (Å²) in [7, 11) is 0. The molecule has 0 aliphatic carbocycles. The van der Waals surface area contributed by atoms with Gasteiger partial charge in [-0.3, -0.25) is 4.79 Å². The van der Waals surface area contributed by atoms with Gasteiger partial charge in [0.1, 0.15) is 18.3 Å². The lowest BCUT2D eigenvalue weighted by Crippen LogP contribution is -2.40. The molecule has 7 heteroatoms. The molecule has 1 atom stereocenters. The van der Waals surface area contributed by atoms with E-state index < -0.39 is 35.9 Å². The SMILES string of the molecule is O=C1OC(CO)(COC(=O)C(c2ccccc2)c2ccccc2)C/C1=C\c1ccc(F)c(Br)c1. The Kier molecular flexibility index (Phi) is 7.24. The Morgan fingerprint density at radius 2 is 1.71 bits per heavy atom. The quantitative estimate of drug-likeness (QED) is 0.346. The van der Waals surface area contributed by atoms with Crippen LogP contribution in [0, 0.1) is 5.82 Å². The highest BCUT2D eigenvalue weighted by molar-refractivity contribution is 9.10. The van der Waals surface area contributed by atoms with Crippen LogP contribution in [-0.4, -0.2) is 35.9 Å². The zero-order valence-corrected chi connectivity index (χ0v) is 19.7. The van der Waals surface area contributed by atoms with Gasteiger partial charge in [-0.05, 0) is 50.8 Å². The molecule has 3 aromatic carbocycles. The summed E-state index contributed by atoms with van der Waals surface area (Å²) in [5, 5.41) is 10.0. The van der Waals surface area contributed by atoms with Crippen molar-refractivity contribution < 1.29 is 28.6 Å². The third-order valence-electron chi connectivity index (χ3n) is 5.64. The van der Waals surface area contributed by atoms with Crippen LogP contribution in [0.3, 0.4) is 0 Å². The van der Waals surface area contributed by atoms with E-state index in [2.05, 4.69) is 15.9 Å². The van der Waals surface area contributed by atoms with E-state index in [1.54, 1.807) is 12.1 Å². The first-order chi connectivity index (χ1) is 16.4. The number of carbonyl (C=O) groups excluding carboxylic acids is 2. The average Bonchev–Trinajstić information content (AvgIpc) is 3.17. The minimum Gasteiger partial charge on any atom is -0.461 e. The zero-order chi connectivity index (χ0) is 24.1. The lowest BCUT2D eigenvalue weighted by atomic mass is 9.91. The summed E-state index contributed by atoms with van der Waals surface area (Å²) in [5.41, 5.74) is 1.05. The van der Waals surface area contributed by atoms with Crippen LogP contribution in [0.2, 0.25) is 0 Å². The van der Waals surface area contributed by atoms with Crippen molar-refractivity contribution in [3.8, 4) is 0 Å². The molecule has 4 rings (SSSR count). The maximum Gasteiger partial charge on any atom is 0.334 e. The van der Waals surface area contributed by atoms with Crippen molar-refractivity contribution in [2.75, 3.05) is 13.2 Å². The monoisotopic (exact) mass is 524 g/mol. The standard InChI is InChI=1S/C27H22BrFO5/c28-22-14-18(11-12-23(22)29)13-21-15-27(16-30,34-25(21)31)17-33-26(32)24(19-7-3-1-4-8-19)20-9-5-2-6-10-20/h1-14,24,30H,15-17H2/b21-13+. The number of cyclic esters (lactones) is 1. The van der Waals surface area contributed by atoms with Crippen molar-refractivity contribution in [2.24, 2.45) is 0 Å². The Bertz CT molecular complexity index is 1170. The fourth-order valence-corrected chi connectivity index (χ4v) is 4.28. The lowest BCUT2D eigenvalue weighted by molar-refractivity contribution is -0.166. The van der Waals surface area contributed by atoms with Crippen LogP contribution in [-0.2, 0) is 19.1 Å². The van der Waals surface area contributed by atoms with Crippen LogP contribution in [0.15, 0.2) is 88.9 Å². The maximum absolute atomic E-state index is 13.5. The number of hydrogen-bond donors (Lipinski definition) is 1. The molecule has 1 saturated heterocycles. The average molecular weight is 525 g/mol. The van der Waals surface area contributed by atoms with Crippen molar-refractivity contribution in [3.05, 3.63) is 111 Å². The Balaban J connectivity index is 1.52. The van der Waals surface area contributed by atoms with Crippen LogP contribution >= 0.6 is 15.9 Å². The van der Waals surface area contributed by atoms with E-state index in [9.17, 15) is 19.1 Å². The largest absolute Gasteiger partial charge is 0.461 e. The summed E-state index contributed by atoms with van der Waals surface area (Å²) in [5.74, 6) is -2.21. The van der Waals surface area contributed by atoms with Gasteiger partial charge in [0.15, 0.2) is 5.60 Å². The van der Waals surface area contributed by atoms with Gasteiger partial charge in [-0.25, -0.2) is 9.18 Å². The molecule has 0 bridgehead atoms. The summed E-state index contributed by atoms with van der Waals surface area (Å²) in [6.45, 7) is -0.813. The number of carbonyl (C=O) groups is 2. The molecule has 1 heterocycles. The number of hydrogen-bond acceptors (Lipinski definition) is 5. The molecule has 174 valence electrons. The molecule has 0 spiro atoms. The number of halogens is 2. The van der Waals surface area contributed by atoms with Gasteiger partial charge >= 0.3 is 11.9 Å². The molecular weight excluding hydrogens is 503 g/mol. The first kappa shape index (κ1) is 23.9. The van der Waals surface area contributed by atoms with Crippen LogP contribution in [0.25, 0.3) is 6.08 Å². The predicted octanol–water partition coefficient (Wildman–Crippen LogP) is 5.02. The Morgan fingerprint density at radius 3 is 2.26 bits per heavy atom. The van der Waals surface area contributed by atoms with E-state index in [0.29, 0.717) is 11.1 Å². The zero-order valence-electron chi connectivity index (χ0n) is 18.1. The minimum atomic E-state index is -1.38. The van der Waals surface area contributed by atoms with Crippen LogP contribution in [0.4, 0.5) is 4.39 Å². The van der Waals surface area contributed by atoms with Crippen LogP contribution < -0.4 is 0 Å². The Hall–Kier alpha value is -3.29. The van der Waals surface area contributed by atoms with Gasteiger partial charge in [0.05, 0.1) is 11.1 Å². The molecular formula is C27H22BrFO5. The second-order valence-electron chi connectivity index (χ2n) is 8.11. The second-order valence-corrected chi connectivity index (χ2v) is 8.97. The van der Waals surface area contributed by atoms with Gasteiger partial charge in [-0.15, -0.1) is 0 Å². The van der Waals surface area contributed by atoms with Gasteiger partial charge in [-0.2, -0.15) is 0 Å². The fourth-order valence-electron chi connectivity index (χ4n) is 3.89. The van der Waals surface area contributed by atoms with Crippen molar-refractivity contribution >= 4 is 33.9 Å². The summed E-state index contributed by atoms with van der Waals surface area (Å²) < 4.78 is 24.9. The van der Waals surface area contributed by atoms with Crippen molar-refractivity contribution in [2.45, 2.75) is 17.9 Å². The molecule has 1 unspecified atom stereocenters. The van der Waals surface area contributed by atoms with E-state index in [1.165, 1.54) is 12.1 Å². The molecule has 1 aliphatic rings. The molecule has 0 saturated carbocycles. The number of aliphatic hydroxyl groups excluding tert-OH is 1. The van der Waals surface area contributed by atoms with E-state index in [0.717, 1.165) is 11.1 Å². The van der Waals surface area contributed by atoms with Crippen LogP contribution in [0.1, 0.15) is 29.0 Å². The third kappa shape index (κ3) is 5.26. The van der Waals surface area contributed by atoms with Crippen molar-refractivity contribution in [3.63, 3.8) is 0 Å². The molecule has 0 aromatic heterocycles. The number of benzene rings is 3. The minimum absolute atomic E-state index is 0.0476. The Morgan fingerprint density at radius 1 is 1.09 bits per heavy atom. The fraction of sp³-hybridized carbons (Fsp3) is 0.185. The van der Waals surface area contributed by atoms with Crippen molar-refractivity contribution in [1.82, 2.24) is 0 Å². The Labute approximate surface area is 205 Å². The van der Waals surface area contributed by atoms with Gasteiger partial charge < -0.3 is 14.6 Å². The lowest BCUT2D eigenvalue weighted by Gasteiger charge is -2.26. The second kappa shape index (κ2) is 10.3. The molecule has 0 radical (unpaired) electrons. The normalized spacial score (nSPS) is 18.8. The molecule has 1 fully saturated rings. The summed E-state index contributed by atoms with van der Waals surface area (Å²) in [6, 6.07) is 22.8. The molecule has 1 N–H and O–H groups in total. The number of aliphatic hydroxyl groups is 1. The molecule has 34 heavy (non-hydrogen) atoms. The molecule has 1 aliphatic heterocycles. The smallest absolute Gasteiger partial charge is 0.334 e. The highest BCUT2D eigenvalue weighted by Gasteiger charge is 2.45. The number of esters is 2. The van der Waals surface area contributed by atoms with E-state index >= 15 is 0 Å². The maximum atomic E-state index is 13.5. The number of rotatable bonds is 7. The molecule has 0 amide bonds. The van der Waals surface area contributed by atoms with E-state index in [4.69, 9.17) is 9.47 Å². The van der Waals surface area contributed by atoms with Gasteiger partial charge in [0.2, 0.25) is 0 Å².